The third-order valence-corrected chi connectivity index (χ3v) is 4.59. The number of nitrogens with two attached hydrogens (primary N) is 1. The van der Waals surface area contributed by atoms with E-state index >= 15 is 0 Å². The second kappa shape index (κ2) is 5.72. The Labute approximate surface area is 105 Å². The lowest BCUT2D eigenvalue weighted by Crippen LogP contribution is -2.48. The largest absolute Gasteiger partial charge is 0.402 e. The van der Waals surface area contributed by atoms with Gasteiger partial charge in [-0.2, -0.15) is 30.6 Å². The smallest absolute Gasteiger partial charge is 0.328 e. The van der Waals surface area contributed by atoms with Gasteiger partial charge in [0.05, 0.1) is 0 Å². The maximum atomic E-state index is 12.0. The van der Waals surface area contributed by atoms with Crippen LogP contribution >= 0.6 is 0 Å². The molecule has 9 heteroatoms. The van der Waals surface area contributed by atoms with Gasteiger partial charge in [-0.3, -0.25) is 0 Å². The molecular formula is C9H18F3N3O2S. The van der Waals surface area contributed by atoms with Crippen molar-refractivity contribution in [3.63, 3.8) is 0 Å². The fourth-order valence-corrected chi connectivity index (χ4v) is 3.13. The first-order valence-corrected chi connectivity index (χ1v) is 7.13. The van der Waals surface area contributed by atoms with E-state index in [0.29, 0.717) is 12.8 Å². The first kappa shape index (κ1) is 15.7. The van der Waals surface area contributed by atoms with Crippen LogP contribution in [0.1, 0.15) is 19.8 Å². The molecule has 0 bridgehead atoms. The lowest BCUT2D eigenvalue weighted by atomic mass is 9.92. The van der Waals surface area contributed by atoms with E-state index in [-0.39, 0.29) is 25.0 Å². The van der Waals surface area contributed by atoms with Crippen LogP contribution in [0.25, 0.3) is 0 Å². The van der Waals surface area contributed by atoms with Crippen molar-refractivity contribution in [1.82, 2.24) is 9.03 Å². The van der Waals surface area contributed by atoms with Crippen LogP contribution in [0.2, 0.25) is 0 Å². The lowest BCUT2D eigenvalue weighted by Gasteiger charge is -2.32. The lowest BCUT2D eigenvalue weighted by molar-refractivity contribution is -0.121. The highest BCUT2D eigenvalue weighted by atomic mass is 32.2. The molecule has 108 valence electrons. The van der Waals surface area contributed by atoms with Crippen molar-refractivity contribution >= 4 is 10.2 Å². The molecule has 0 aliphatic carbocycles. The van der Waals surface area contributed by atoms with Gasteiger partial charge in [-0.1, -0.05) is 0 Å². The maximum Gasteiger partial charge on any atom is 0.402 e. The zero-order chi connectivity index (χ0) is 14.0. The summed E-state index contributed by atoms with van der Waals surface area (Å²) in [5, 5.41) is 0. The minimum atomic E-state index is -4.54. The molecule has 0 aromatic rings. The zero-order valence-corrected chi connectivity index (χ0v) is 10.9. The van der Waals surface area contributed by atoms with Crippen molar-refractivity contribution in [1.29, 1.82) is 0 Å². The van der Waals surface area contributed by atoms with Crippen LogP contribution in [0.4, 0.5) is 13.2 Å². The van der Waals surface area contributed by atoms with Crippen molar-refractivity contribution in [3.8, 4) is 0 Å². The molecule has 1 fully saturated rings. The summed E-state index contributed by atoms with van der Waals surface area (Å²) in [6.07, 6.45) is -3.40. The Balaban J connectivity index is 2.51. The molecule has 1 unspecified atom stereocenters. The monoisotopic (exact) mass is 289 g/mol. The van der Waals surface area contributed by atoms with Crippen LogP contribution < -0.4 is 10.5 Å². The molecule has 1 aliphatic rings. The Kier molecular flexibility index (Phi) is 4.98. The SMILES string of the molecule is CC(N)C1CCN(S(=O)(=O)NCC(F)(F)F)CC1. The fraction of sp³-hybridized carbons (Fsp3) is 1.00. The van der Waals surface area contributed by atoms with E-state index in [4.69, 9.17) is 5.73 Å². The highest BCUT2D eigenvalue weighted by molar-refractivity contribution is 7.87. The Hall–Kier alpha value is -0.380. The van der Waals surface area contributed by atoms with Gasteiger partial charge in [0.25, 0.3) is 10.2 Å². The third-order valence-electron chi connectivity index (χ3n) is 3.04. The molecule has 0 radical (unpaired) electrons. The first-order chi connectivity index (χ1) is 8.12. The number of rotatable bonds is 4. The van der Waals surface area contributed by atoms with E-state index in [1.807, 2.05) is 6.92 Å². The van der Waals surface area contributed by atoms with Gasteiger partial charge in [0, 0.05) is 19.1 Å². The number of nitrogens with one attached hydrogen (secondary N) is 1. The molecule has 1 atom stereocenters. The number of halogens is 3. The Bertz CT molecular complexity index is 362. The highest BCUT2D eigenvalue weighted by Gasteiger charge is 2.33. The van der Waals surface area contributed by atoms with Crippen LogP contribution in [-0.2, 0) is 10.2 Å². The topological polar surface area (TPSA) is 75.4 Å². The van der Waals surface area contributed by atoms with Gasteiger partial charge in [0.2, 0.25) is 0 Å². The molecule has 1 saturated heterocycles. The summed E-state index contributed by atoms with van der Waals surface area (Å²) >= 11 is 0. The van der Waals surface area contributed by atoms with Crippen molar-refractivity contribution in [2.45, 2.75) is 32.0 Å². The average Bonchev–Trinajstić information content (AvgIpc) is 2.26. The van der Waals surface area contributed by atoms with Gasteiger partial charge < -0.3 is 5.73 Å². The second-order valence-electron chi connectivity index (χ2n) is 4.54. The summed E-state index contributed by atoms with van der Waals surface area (Å²) in [6, 6.07) is -0.0296. The summed E-state index contributed by atoms with van der Waals surface area (Å²) in [5.41, 5.74) is 5.71. The van der Waals surface area contributed by atoms with Crippen LogP contribution in [0.3, 0.4) is 0 Å². The molecule has 1 heterocycles. The van der Waals surface area contributed by atoms with Gasteiger partial charge >= 0.3 is 6.18 Å². The van der Waals surface area contributed by atoms with E-state index in [1.165, 1.54) is 0 Å². The molecule has 0 saturated carbocycles. The summed E-state index contributed by atoms with van der Waals surface area (Å²) in [5.74, 6) is 0.221. The molecule has 3 N–H and O–H groups in total. The van der Waals surface area contributed by atoms with E-state index in [0.717, 1.165) is 4.31 Å². The molecule has 0 amide bonds. The van der Waals surface area contributed by atoms with E-state index in [2.05, 4.69) is 0 Å². The van der Waals surface area contributed by atoms with Crippen molar-refractivity contribution < 1.29 is 21.6 Å². The van der Waals surface area contributed by atoms with Gasteiger partial charge in [0.15, 0.2) is 0 Å². The van der Waals surface area contributed by atoms with E-state index < -0.39 is 22.9 Å². The van der Waals surface area contributed by atoms with Crippen LogP contribution in [0, 0.1) is 5.92 Å². The Morgan fingerprint density at radius 2 is 1.89 bits per heavy atom. The summed E-state index contributed by atoms with van der Waals surface area (Å²) < 4.78 is 61.7. The van der Waals surface area contributed by atoms with Crippen LogP contribution in [-0.4, -0.2) is 44.6 Å². The van der Waals surface area contributed by atoms with Gasteiger partial charge in [0.1, 0.15) is 6.54 Å². The Morgan fingerprint density at radius 3 is 2.28 bits per heavy atom. The van der Waals surface area contributed by atoms with E-state index in [9.17, 15) is 21.6 Å². The highest BCUT2D eigenvalue weighted by Crippen LogP contribution is 2.21. The number of hydrogen-bond acceptors (Lipinski definition) is 3. The van der Waals surface area contributed by atoms with Crippen molar-refractivity contribution in [2.75, 3.05) is 19.6 Å². The molecule has 1 aliphatic heterocycles. The molecular weight excluding hydrogens is 271 g/mol. The normalized spacial score (nSPS) is 22.1. The van der Waals surface area contributed by atoms with Crippen molar-refractivity contribution in [3.05, 3.63) is 0 Å². The van der Waals surface area contributed by atoms with Gasteiger partial charge in [-0.15, -0.1) is 0 Å². The van der Waals surface area contributed by atoms with E-state index in [1.54, 1.807) is 4.72 Å². The average molecular weight is 289 g/mol. The number of hydrogen-bond donors (Lipinski definition) is 2. The molecule has 5 nitrogen and oxygen atoms in total. The number of alkyl halides is 3. The summed E-state index contributed by atoms with van der Waals surface area (Å²) in [7, 11) is -4.04. The molecule has 0 spiro atoms. The standard InChI is InChI=1S/C9H18F3N3O2S/c1-7(13)8-2-4-15(5-3-8)18(16,17)14-6-9(10,11)12/h7-8,14H,2-6,13H2,1H3. The minimum absolute atomic E-state index is 0.0296. The van der Waals surface area contributed by atoms with Crippen LogP contribution in [0.5, 0.6) is 0 Å². The fourth-order valence-electron chi connectivity index (χ4n) is 1.91. The maximum absolute atomic E-state index is 12.0. The number of nitrogens with zero attached hydrogens (tertiary/aromatic N) is 1. The molecule has 18 heavy (non-hydrogen) atoms. The van der Waals surface area contributed by atoms with Crippen LogP contribution in [0.15, 0.2) is 0 Å². The van der Waals surface area contributed by atoms with Gasteiger partial charge in [-0.05, 0) is 25.7 Å². The number of piperidine rings is 1. The quantitative estimate of drug-likeness (QED) is 0.788. The molecule has 0 aromatic carbocycles. The Morgan fingerprint density at radius 1 is 1.39 bits per heavy atom. The van der Waals surface area contributed by atoms with Crippen molar-refractivity contribution in [2.24, 2.45) is 11.7 Å². The summed E-state index contributed by atoms with van der Waals surface area (Å²) in [6.45, 7) is 0.720. The minimum Gasteiger partial charge on any atom is -0.328 e. The summed E-state index contributed by atoms with van der Waals surface area (Å²) in [4.78, 5) is 0. The third kappa shape index (κ3) is 4.71. The second-order valence-corrected chi connectivity index (χ2v) is 6.29. The predicted octanol–water partition coefficient (Wildman–Crippen LogP) is 0.442. The molecule has 0 aromatic heterocycles. The van der Waals surface area contributed by atoms with Gasteiger partial charge in [-0.25, -0.2) is 0 Å². The first-order valence-electron chi connectivity index (χ1n) is 5.69. The molecule has 1 rings (SSSR count). The predicted molar refractivity (Wildman–Crippen MR) is 60.9 cm³/mol. The zero-order valence-electron chi connectivity index (χ0n) is 10.1.